The van der Waals surface area contributed by atoms with Crippen LogP contribution in [0.25, 0.3) is 22.4 Å². The van der Waals surface area contributed by atoms with E-state index in [1.165, 1.54) is 19.2 Å². The quantitative estimate of drug-likeness (QED) is 0.543. The van der Waals surface area contributed by atoms with E-state index in [0.29, 0.717) is 12.1 Å². The lowest BCUT2D eigenvalue weighted by molar-refractivity contribution is -0.141. The Kier molecular flexibility index (Phi) is 6.66. The van der Waals surface area contributed by atoms with Crippen LogP contribution in [-0.2, 0) is 17.5 Å². The average molecular weight is 491 g/mol. The smallest absolute Gasteiger partial charge is 0.433 e. The van der Waals surface area contributed by atoms with Gasteiger partial charge in [0.15, 0.2) is 11.5 Å². The molecule has 1 aromatic carbocycles. The lowest BCUT2D eigenvalue weighted by Gasteiger charge is -2.21. The lowest BCUT2D eigenvalue weighted by Crippen LogP contribution is -2.41. The lowest BCUT2D eigenvalue weighted by atomic mass is 10.1. The molecule has 186 valence electrons. The van der Waals surface area contributed by atoms with E-state index in [-0.39, 0.29) is 59.0 Å². The Hall–Kier alpha value is -3.67. The van der Waals surface area contributed by atoms with Crippen molar-refractivity contribution in [2.75, 3.05) is 20.2 Å². The fraction of sp³-hybridized carbons (Fsp3) is 0.391. The maximum atomic E-state index is 13.2. The second kappa shape index (κ2) is 9.53. The zero-order valence-corrected chi connectivity index (χ0v) is 19.1. The fourth-order valence-corrected chi connectivity index (χ4v) is 4.13. The van der Waals surface area contributed by atoms with Crippen LogP contribution in [0.2, 0.25) is 0 Å². The number of nitrogens with two attached hydrogens (primary N) is 1. The summed E-state index contributed by atoms with van der Waals surface area (Å²) in [5, 5.41) is 2.83. The first-order valence-corrected chi connectivity index (χ1v) is 11.0. The number of carbonyl (C=O) groups is 2. The molecule has 1 saturated heterocycles. The summed E-state index contributed by atoms with van der Waals surface area (Å²) in [6.45, 7) is 2.24. The molecule has 0 radical (unpaired) electrons. The predicted molar refractivity (Wildman–Crippen MR) is 119 cm³/mol. The van der Waals surface area contributed by atoms with E-state index in [4.69, 9.17) is 14.9 Å². The van der Waals surface area contributed by atoms with Crippen LogP contribution in [0.15, 0.2) is 28.7 Å². The molecular weight excluding hydrogens is 467 g/mol. The number of aromatic nitrogens is 2. The summed E-state index contributed by atoms with van der Waals surface area (Å²) < 4.78 is 50.5. The van der Waals surface area contributed by atoms with Crippen molar-refractivity contribution in [1.29, 1.82) is 0 Å². The minimum atomic E-state index is -4.64. The molecule has 1 aliphatic heterocycles. The molecule has 3 heterocycles. The van der Waals surface area contributed by atoms with Crippen molar-refractivity contribution in [1.82, 2.24) is 20.2 Å². The Bertz CT molecular complexity index is 1270. The monoisotopic (exact) mass is 491 g/mol. The first-order chi connectivity index (χ1) is 16.6. The number of hydrogen-bond donors (Lipinski definition) is 2. The number of likely N-dealkylation sites (tertiary alicyclic amines) is 1. The van der Waals surface area contributed by atoms with Crippen LogP contribution in [0.5, 0.6) is 5.75 Å². The zero-order chi connectivity index (χ0) is 25.3. The van der Waals surface area contributed by atoms with Gasteiger partial charge in [-0.1, -0.05) is 0 Å². The van der Waals surface area contributed by atoms with Gasteiger partial charge in [-0.2, -0.15) is 13.2 Å². The molecule has 9 nitrogen and oxygen atoms in total. The van der Waals surface area contributed by atoms with Gasteiger partial charge < -0.3 is 25.1 Å². The molecule has 3 aromatic rings. The van der Waals surface area contributed by atoms with E-state index in [1.807, 2.05) is 6.92 Å². The van der Waals surface area contributed by atoms with Gasteiger partial charge >= 0.3 is 6.18 Å². The number of pyridine rings is 1. The van der Waals surface area contributed by atoms with Gasteiger partial charge in [0.1, 0.15) is 17.0 Å². The molecule has 0 spiro atoms. The minimum absolute atomic E-state index is 0.0238. The number of rotatable bonds is 6. The highest BCUT2D eigenvalue weighted by molar-refractivity contribution is 5.99. The number of carbonyl (C=O) groups excluding carboxylic acids is 2. The van der Waals surface area contributed by atoms with E-state index >= 15 is 0 Å². The first kappa shape index (κ1) is 24.5. The molecule has 12 heteroatoms. The average Bonchev–Trinajstić information content (AvgIpc) is 3.46. The molecule has 3 N–H and O–H groups in total. The van der Waals surface area contributed by atoms with Crippen LogP contribution in [0.4, 0.5) is 13.2 Å². The second-order valence-corrected chi connectivity index (χ2v) is 8.16. The molecule has 0 saturated carbocycles. The number of hydrogen-bond acceptors (Lipinski definition) is 7. The number of nitrogens with zero attached hydrogens (tertiary/aromatic N) is 3. The van der Waals surface area contributed by atoms with E-state index < -0.39 is 17.8 Å². The van der Waals surface area contributed by atoms with Crippen molar-refractivity contribution >= 4 is 22.7 Å². The highest BCUT2D eigenvalue weighted by Gasteiger charge is 2.33. The number of halogens is 3. The molecule has 1 atom stereocenters. The van der Waals surface area contributed by atoms with Gasteiger partial charge in [-0.05, 0) is 44.0 Å². The normalized spacial score (nSPS) is 16.1. The summed E-state index contributed by atoms with van der Waals surface area (Å²) in [5.74, 6) is -0.661. The van der Waals surface area contributed by atoms with Crippen LogP contribution in [-0.4, -0.2) is 52.9 Å². The van der Waals surface area contributed by atoms with Gasteiger partial charge in [0.25, 0.3) is 5.91 Å². The molecule has 1 fully saturated rings. The molecule has 2 aromatic heterocycles. The summed E-state index contributed by atoms with van der Waals surface area (Å²) in [6.07, 6.45) is -2.81. The first-order valence-electron chi connectivity index (χ1n) is 11.0. The highest BCUT2D eigenvalue weighted by Crippen LogP contribution is 2.36. The van der Waals surface area contributed by atoms with Crippen LogP contribution < -0.4 is 15.8 Å². The van der Waals surface area contributed by atoms with E-state index in [9.17, 15) is 22.8 Å². The van der Waals surface area contributed by atoms with Crippen LogP contribution in [0.1, 0.15) is 41.7 Å². The van der Waals surface area contributed by atoms with Crippen LogP contribution in [0.3, 0.4) is 0 Å². The Balaban J connectivity index is 1.65. The number of nitrogens with one attached hydrogen (secondary N) is 1. The van der Waals surface area contributed by atoms with Crippen molar-refractivity contribution < 1.29 is 31.9 Å². The SMILES string of the molecule is COc1ccc(-c2nc(C(=O)NCC(=O)N3CCC[C@H]3C)c(CN)o2)c2ccc(C(F)(F)F)nc12. The third kappa shape index (κ3) is 4.78. The van der Waals surface area contributed by atoms with Gasteiger partial charge in [0, 0.05) is 23.5 Å². The van der Waals surface area contributed by atoms with Crippen molar-refractivity contribution in [2.24, 2.45) is 5.73 Å². The third-order valence-corrected chi connectivity index (χ3v) is 5.93. The maximum absolute atomic E-state index is 13.2. The highest BCUT2D eigenvalue weighted by atomic mass is 19.4. The molecule has 2 amide bonds. The largest absolute Gasteiger partial charge is 0.494 e. The number of ether oxygens (including phenoxy) is 1. The predicted octanol–water partition coefficient (Wildman–Crippen LogP) is 3.12. The summed E-state index contributed by atoms with van der Waals surface area (Å²) in [6, 6.07) is 5.18. The Morgan fingerprint density at radius 3 is 2.66 bits per heavy atom. The van der Waals surface area contributed by atoms with Gasteiger partial charge in [-0.25, -0.2) is 9.97 Å². The summed E-state index contributed by atoms with van der Waals surface area (Å²) in [5.41, 5.74) is 4.82. The van der Waals surface area contributed by atoms with Gasteiger partial charge in [0.05, 0.1) is 20.2 Å². The molecule has 35 heavy (non-hydrogen) atoms. The van der Waals surface area contributed by atoms with E-state index in [2.05, 4.69) is 15.3 Å². The number of benzene rings is 1. The maximum Gasteiger partial charge on any atom is 0.433 e. The van der Waals surface area contributed by atoms with Gasteiger partial charge in [0.2, 0.25) is 11.8 Å². The Morgan fingerprint density at radius 2 is 2.03 bits per heavy atom. The summed E-state index contributed by atoms with van der Waals surface area (Å²) in [4.78, 5) is 34.9. The molecule has 0 bridgehead atoms. The molecule has 0 aliphatic carbocycles. The van der Waals surface area contributed by atoms with Crippen LogP contribution >= 0.6 is 0 Å². The number of oxazole rings is 1. The van der Waals surface area contributed by atoms with Gasteiger partial charge in [-0.15, -0.1) is 0 Å². The fourth-order valence-electron chi connectivity index (χ4n) is 4.13. The summed E-state index contributed by atoms with van der Waals surface area (Å²) >= 11 is 0. The second-order valence-electron chi connectivity index (χ2n) is 8.16. The topological polar surface area (TPSA) is 124 Å². The Labute approximate surface area is 198 Å². The summed E-state index contributed by atoms with van der Waals surface area (Å²) in [7, 11) is 1.32. The molecule has 4 rings (SSSR count). The van der Waals surface area contributed by atoms with E-state index in [1.54, 1.807) is 11.0 Å². The standard InChI is InChI=1S/C23H24F3N5O4/c1-12-4-3-9-31(12)18(32)11-28-21(33)20-16(10-27)35-22(30-20)14-5-7-15(34-2)19-13(14)6-8-17(29-19)23(24,25)26/h5-8,12H,3-4,9-11,27H2,1-2H3,(H,28,33)/t12-/m1/s1. The van der Waals surface area contributed by atoms with Crippen molar-refractivity contribution in [2.45, 2.75) is 38.5 Å². The number of fused-ring (bicyclic) bond motifs is 1. The van der Waals surface area contributed by atoms with Crippen molar-refractivity contribution in [3.8, 4) is 17.2 Å². The van der Waals surface area contributed by atoms with Crippen molar-refractivity contribution in [3.05, 3.63) is 41.4 Å². The number of amides is 2. The third-order valence-electron chi connectivity index (χ3n) is 5.93. The van der Waals surface area contributed by atoms with Crippen molar-refractivity contribution in [3.63, 3.8) is 0 Å². The Morgan fingerprint density at radius 1 is 1.26 bits per heavy atom. The zero-order valence-electron chi connectivity index (χ0n) is 19.1. The molecule has 0 unspecified atom stereocenters. The number of alkyl halides is 3. The molecular formula is C23H24F3N5O4. The van der Waals surface area contributed by atoms with Crippen LogP contribution in [0, 0.1) is 0 Å². The molecule has 1 aliphatic rings. The minimum Gasteiger partial charge on any atom is -0.494 e. The van der Waals surface area contributed by atoms with Gasteiger partial charge in [-0.3, -0.25) is 9.59 Å². The van der Waals surface area contributed by atoms with E-state index in [0.717, 1.165) is 18.9 Å². The number of methoxy groups -OCH3 is 1.